The van der Waals surface area contributed by atoms with Crippen LogP contribution in [0.3, 0.4) is 0 Å². The van der Waals surface area contributed by atoms with Gasteiger partial charge in [0.25, 0.3) is 0 Å². The molecule has 1 saturated heterocycles. The number of ether oxygens (including phenoxy) is 1. The third-order valence-electron chi connectivity index (χ3n) is 5.82. The summed E-state index contributed by atoms with van der Waals surface area (Å²) in [6, 6.07) is 6.67. The van der Waals surface area contributed by atoms with Crippen molar-refractivity contribution in [2.45, 2.75) is 33.1 Å². The summed E-state index contributed by atoms with van der Waals surface area (Å²) in [5, 5.41) is 0. The molecule has 2 amide bonds. The predicted octanol–water partition coefficient (Wildman–Crippen LogP) is 3.03. The van der Waals surface area contributed by atoms with E-state index in [1.807, 2.05) is 13.8 Å². The van der Waals surface area contributed by atoms with E-state index in [1.54, 1.807) is 24.3 Å². The molecule has 5 heteroatoms. The first-order valence-electron chi connectivity index (χ1n) is 9.12. The Balaban J connectivity index is 1.58. The minimum absolute atomic E-state index is 0.0881. The third kappa shape index (κ3) is 2.57. The Morgan fingerprint density at radius 2 is 1.80 bits per heavy atom. The molecule has 0 radical (unpaired) electrons. The highest BCUT2D eigenvalue weighted by molar-refractivity contribution is 6.22. The molecule has 1 heterocycles. The maximum Gasteiger partial charge on any atom is 0.338 e. The summed E-state index contributed by atoms with van der Waals surface area (Å²) in [6.45, 7) is 4.29. The molecule has 1 aromatic rings. The Labute approximate surface area is 147 Å². The normalized spacial score (nSPS) is 30.3. The molecule has 4 atom stereocenters. The second-order valence-corrected chi connectivity index (χ2v) is 7.94. The predicted molar refractivity (Wildman–Crippen MR) is 91.9 cm³/mol. The summed E-state index contributed by atoms with van der Waals surface area (Å²) >= 11 is 0. The number of fused-ring (bicyclic) bond motifs is 5. The monoisotopic (exact) mass is 341 g/mol. The summed E-state index contributed by atoms with van der Waals surface area (Å²) in [5.74, 6) is 0.0697. The van der Waals surface area contributed by atoms with Crippen LogP contribution in [0.1, 0.15) is 43.5 Å². The highest BCUT2D eigenvalue weighted by atomic mass is 16.5. The Morgan fingerprint density at radius 1 is 1.16 bits per heavy atom. The van der Waals surface area contributed by atoms with Gasteiger partial charge in [0.05, 0.1) is 29.7 Å². The number of rotatable bonds is 4. The number of carbonyl (C=O) groups is 3. The summed E-state index contributed by atoms with van der Waals surface area (Å²) in [6.07, 6.45) is 3.13. The van der Waals surface area contributed by atoms with Crippen LogP contribution >= 0.6 is 0 Å². The Bertz CT molecular complexity index is 713. The van der Waals surface area contributed by atoms with Gasteiger partial charge in [-0.05, 0) is 55.2 Å². The number of esters is 1. The van der Waals surface area contributed by atoms with Gasteiger partial charge in [-0.25, -0.2) is 4.79 Å². The molecule has 1 aliphatic heterocycles. The second-order valence-electron chi connectivity index (χ2n) is 7.94. The lowest BCUT2D eigenvalue weighted by Gasteiger charge is -2.19. The zero-order valence-corrected chi connectivity index (χ0v) is 14.6. The molecule has 2 saturated carbocycles. The van der Waals surface area contributed by atoms with Gasteiger partial charge in [0, 0.05) is 0 Å². The summed E-state index contributed by atoms with van der Waals surface area (Å²) in [4.78, 5) is 39.2. The number of hydrogen-bond acceptors (Lipinski definition) is 4. The van der Waals surface area contributed by atoms with E-state index in [9.17, 15) is 14.4 Å². The molecular weight excluding hydrogens is 318 g/mol. The summed E-state index contributed by atoms with van der Waals surface area (Å²) < 4.78 is 5.25. The standard InChI is InChI=1S/C20H23NO4/c1-11(2)10-25-20(24)14-4-3-5-15(9-14)21-18(22)16-12-6-7-13(8-12)17(16)19(21)23/h3-5,9,11-13,16-17H,6-8,10H2,1-2H3. The van der Waals surface area contributed by atoms with Gasteiger partial charge >= 0.3 is 5.97 Å². The molecule has 1 aromatic carbocycles. The number of carbonyl (C=O) groups excluding carboxylic acids is 3. The molecule has 4 unspecified atom stereocenters. The number of imide groups is 1. The van der Waals surface area contributed by atoms with Crippen LogP contribution in [0.4, 0.5) is 5.69 Å². The van der Waals surface area contributed by atoms with Crippen molar-refractivity contribution in [1.29, 1.82) is 0 Å². The third-order valence-corrected chi connectivity index (χ3v) is 5.82. The fraction of sp³-hybridized carbons (Fsp3) is 0.550. The first-order valence-corrected chi connectivity index (χ1v) is 9.12. The van der Waals surface area contributed by atoms with Gasteiger partial charge in [-0.1, -0.05) is 19.9 Å². The smallest absolute Gasteiger partial charge is 0.338 e. The van der Waals surface area contributed by atoms with Crippen molar-refractivity contribution in [3.63, 3.8) is 0 Å². The molecular formula is C20H23NO4. The average molecular weight is 341 g/mol. The molecule has 2 bridgehead atoms. The number of benzene rings is 1. The Kier molecular flexibility index (Phi) is 3.89. The van der Waals surface area contributed by atoms with E-state index in [0.717, 1.165) is 19.3 Å². The van der Waals surface area contributed by atoms with Gasteiger partial charge in [0.1, 0.15) is 0 Å². The van der Waals surface area contributed by atoms with Crippen LogP contribution in [-0.4, -0.2) is 24.4 Å². The van der Waals surface area contributed by atoms with Crippen LogP contribution < -0.4 is 4.90 Å². The lowest BCUT2D eigenvalue weighted by molar-refractivity contribution is -0.123. The van der Waals surface area contributed by atoms with E-state index in [-0.39, 0.29) is 29.6 Å². The second kappa shape index (κ2) is 5.97. The molecule has 0 N–H and O–H groups in total. The van der Waals surface area contributed by atoms with E-state index in [2.05, 4.69) is 0 Å². The van der Waals surface area contributed by atoms with Crippen molar-refractivity contribution < 1.29 is 19.1 Å². The zero-order valence-electron chi connectivity index (χ0n) is 14.6. The summed E-state index contributed by atoms with van der Waals surface area (Å²) in [7, 11) is 0. The van der Waals surface area contributed by atoms with Crippen molar-refractivity contribution in [2.75, 3.05) is 11.5 Å². The van der Waals surface area contributed by atoms with E-state index >= 15 is 0 Å². The first-order chi connectivity index (χ1) is 12.0. The molecule has 4 rings (SSSR count). The topological polar surface area (TPSA) is 63.7 Å². The molecule has 25 heavy (non-hydrogen) atoms. The maximum absolute atomic E-state index is 12.9. The largest absolute Gasteiger partial charge is 0.462 e. The van der Waals surface area contributed by atoms with E-state index in [4.69, 9.17) is 4.74 Å². The van der Waals surface area contributed by atoms with Crippen LogP contribution in [-0.2, 0) is 14.3 Å². The number of amides is 2. The molecule has 5 nitrogen and oxygen atoms in total. The minimum Gasteiger partial charge on any atom is -0.462 e. The van der Waals surface area contributed by atoms with E-state index < -0.39 is 5.97 Å². The highest BCUT2D eigenvalue weighted by Crippen LogP contribution is 2.56. The molecule has 0 aromatic heterocycles. The van der Waals surface area contributed by atoms with Gasteiger partial charge in [-0.3, -0.25) is 14.5 Å². The molecule has 3 fully saturated rings. The SMILES string of the molecule is CC(C)COC(=O)c1cccc(N2C(=O)C3C4CCC(C4)C3C2=O)c1. The quantitative estimate of drug-likeness (QED) is 0.624. The lowest BCUT2D eigenvalue weighted by Crippen LogP contribution is -2.32. The minimum atomic E-state index is -0.421. The fourth-order valence-corrected chi connectivity index (χ4v) is 4.76. The zero-order chi connectivity index (χ0) is 17.7. The van der Waals surface area contributed by atoms with Crippen molar-refractivity contribution in [2.24, 2.45) is 29.6 Å². The molecule has 0 spiro atoms. The Hall–Kier alpha value is -2.17. The molecule has 132 valence electrons. The number of hydrogen-bond donors (Lipinski definition) is 0. The van der Waals surface area contributed by atoms with Crippen LogP contribution in [0.5, 0.6) is 0 Å². The van der Waals surface area contributed by atoms with Crippen molar-refractivity contribution in [1.82, 2.24) is 0 Å². The van der Waals surface area contributed by atoms with Crippen LogP contribution in [0, 0.1) is 29.6 Å². The molecule has 2 aliphatic carbocycles. The van der Waals surface area contributed by atoms with Gasteiger partial charge in [0.15, 0.2) is 0 Å². The van der Waals surface area contributed by atoms with E-state index in [0.29, 0.717) is 29.7 Å². The van der Waals surface area contributed by atoms with Gasteiger partial charge in [-0.2, -0.15) is 0 Å². The van der Waals surface area contributed by atoms with Crippen LogP contribution in [0.15, 0.2) is 24.3 Å². The van der Waals surface area contributed by atoms with Crippen molar-refractivity contribution >= 4 is 23.5 Å². The maximum atomic E-state index is 12.9. The average Bonchev–Trinajstić information content (AvgIpc) is 3.26. The fourth-order valence-electron chi connectivity index (χ4n) is 4.76. The van der Waals surface area contributed by atoms with Gasteiger partial charge < -0.3 is 4.74 Å². The Morgan fingerprint density at radius 3 is 2.40 bits per heavy atom. The van der Waals surface area contributed by atoms with Crippen LogP contribution in [0.2, 0.25) is 0 Å². The lowest BCUT2D eigenvalue weighted by atomic mass is 9.81. The summed E-state index contributed by atoms with van der Waals surface area (Å²) in [5.41, 5.74) is 0.863. The van der Waals surface area contributed by atoms with Crippen LogP contribution in [0.25, 0.3) is 0 Å². The van der Waals surface area contributed by atoms with Gasteiger partial charge in [0.2, 0.25) is 11.8 Å². The highest BCUT2D eigenvalue weighted by Gasteiger charge is 2.61. The molecule has 3 aliphatic rings. The van der Waals surface area contributed by atoms with Crippen molar-refractivity contribution in [3.05, 3.63) is 29.8 Å². The van der Waals surface area contributed by atoms with Gasteiger partial charge in [-0.15, -0.1) is 0 Å². The number of nitrogens with zero attached hydrogens (tertiary/aromatic N) is 1. The number of anilines is 1. The van der Waals surface area contributed by atoms with E-state index in [1.165, 1.54) is 4.90 Å². The van der Waals surface area contributed by atoms with Crippen molar-refractivity contribution in [3.8, 4) is 0 Å². The first kappa shape index (κ1) is 16.3.